The van der Waals surface area contributed by atoms with Gasteiger partial charge in [0.05, 0.1) is 0 Å². The molecule has 0 spiro atoms. The molecule has 1 saturated heterocycles. The maximum Gasteiger partial charge on any atom is 0.0105 e. The predicted molar refractivity (Wildman–Crippen MR) is 34.2 cm³/mol. The van der Waals surface area contributed by atoms with Gasteiger partial charge in [-0.3, -0.25) is 0 Å². The minimum absolute atomic E-state index is 0. The lowest BCUT2D eigenvalue weighted by atomic mass is 10.3. The quantitative estimate of drug-likeness (QED) is 0.513. The molecule has 3 fully saturated rings. The Morgan fingerprint density at radius 2 is 1.50 bits per heavy atom. The molecule has 0 aromatic carbocycles. The Labute approximate surface area is 55.2 Å². The highest BCUT2D eigenvalue weighted by Crippen LogP contribution is 2.56. The number of rotatable bonds is 0. The number of nitrogens with one attached hydrogen (secondary N) is 1. The molecule has 2 heteroatoms. The minimum Gasteiger partial charge on any atom is -0.311 e. The van der Waals surface area contributed by atoms with Gasteiger partial charge in [-0.05, 0) is 24.7 Å². The van der Waals surface area contributed by atoms with Crippen LogP contribution in [0.2, 0.25) is 0 Å². The van der Waals surface area contributed by atoms with Crippen molar-refractivity contribution in [3.63, 3.8) is 0 Å². The second kappa shape index (κ2) is 1.22. The molecule has 2 aliphatic carbocycles. The van der Waals surface area contributed by atoms with Gasteiger partial charge in [-0.2, -0.15) is 0 Å². The van der Waals surface area contributed by atoms with Crippen molar-refractivity contribution in [2.45, 2.75) is 24.9 Å². The number of hydrogen-bond acceptors (Lipinski definition) is 1. The van der Waals surface area contributed by atoms with Crippen LogP contribution in [0.15, 0.2) is 0 Å². The normalized spacial score (nSPS) is 63.0. The van der Waals surface area contributed by atoms with Gasteiger partial charge in [-0.15, -0.1) is 12.4 Å². The number of fused-ring (bicyclic) bond motifs is 3. The molecule has 0 aromatic rings. The van der Waals surface area contributed by atoms with Crippen molar-refractivity contribution in [1.82, 2.24) is 5.32 Å². The summed E-state index contributed by atoms with van der Waals surface area (Å²) in [4.78, 5) is 0. The lowest BCUT2D eigenvalue weighted by molar-refractivity contribution is 0.714. The predicted octanol–water partition coefficient (Wildman–Crippen LogP) is 0.788. The lowest BCUT2D eigenvalue weighted by Crippen LogP contribution is -2.15. The summed E-state index contributed by atoms with van der Waals surface area (Å²) in [5.74, 6) is 2.29. The van der Waals surface area contributed by atoms with E-state index in [9.17, 15) is 0 Å². The maximum atomic E-state index is 3.56. The summed E-state index contributed by atoms with van der Waals surface area (Å²) >= 11 is 0. The van der Waals surface area contributed by atoms with Gasteiger partial charge in [0, 0.05) is 12.1 Å². The molecule has 4 unspecified atom stereocenters. The first-order valence-corrected chi connectivity index (χ1v) is 3.21. The molecular formula is C6H10ClN. The third-order valence-corrected chi connectivity index (χ3v) is 2.66. The van der Waals surface area contributed by atoms with Crippen LogP contribution in [-0.4, -0.2) is 12.1 Å². The molecule has 1 N–H and O–H groups in total. The third kappa shape index (κ3) is 0.420. The van der Waals surface area contributed by atoms with E-state index in [-0.39, 0.29) is 12.4 Å². The first-order chi connectivity index (χ1) is 3.45. The van der Waals surface area contributed by atoms with E-state index in [1.807, 2.05) is 0 Å². The van der Waals surface area contributed by atoms with E-state index < -0.39 is 0 Å². The molecule has 3 rings (SSSR count). The molecule has 1 nitrogen and oxygen atoms in total. The highest BCUT2D eigenvalue weighted by Gasteiger charge is 2.61. The van der Waals surface area contributed by atoms with Crippen molar-refractivity contribution in [3.05, 3.63) is 0 Å². The smallest absolute Gasteiger partial charge is 0.0105 e. The summed E-state index contributed by atoms with van der Waals surface area (Å²) < 4.78 is 0. The zero-order valence-corrected chi connectivity index (χ0v) is 5.45. The first-order valence-electron chi connectivity index (χ1n) is 3.21. The topological polar surface area (TPSA) is 12.0 Å². The molecule has 46 valence electrons. The van der Waals surface area contributed by atoms with Crippen LogP contribution in [0.25, 0.3) is 0 Å². The van der Waals surface area contributed by atoms with Gasteiger partial charge >= 0.3 is 0 Å². The molecule has 8 heavy (non-hydrogen) atoms. The average Bonchev–Trinajstić information content (AvgIpc) is 2.47. The van der Waals surface area contributed by atoms with Crippen molar-refractivity contribution in [1.29, 1.82) is 0 Å². The van der Waals surface area contributed by atoms with Gasteiger partial charge in [0.2, 0.25) is 0 Å². The lowest BCUT2D eigenvalue weighted by Gasteiger charge is -1.89. The highest BCUT2D eigenvalue weighted by molar-refractivity contribution is 5.85. The fourth-order valence-electron chi connectivity index (χ4n) is 2.03. The van der Waals surface area contributed by atoms with E-state index >= 15 is 0 Å². The Balaban J connectivity index is 0.000000270. The molecular weight excluding hydrogens is 122 g/mol. The van der Waals surface area contributed by atoms with Gasteiger partial charge in [-0.25, -0.2) is 0 Å². The summed E-state index contributed by atoms with van der Waals surface area (Å²) in [7, 11) is 0. The van der Waals surface area contributed by atoms with Gasteiger partial charge < -0.3 is 5.32 Å². The summed E-state index contributed by atoms with van der Waals surface area (Å²) in [6.45, 7) is 0. The average molecular weight is 132 g/mol. The molecule has 0 bridgehead atoms. The van der Waals surface area contributed by atoms with Gasteiger partial charge in [0.25, 0.3) is 0 Å². The van der Waals surface area contributed by atoms with Gasteiger partial charge in [0.1, 0.15) is 0 Å². The molecule has 0 aromatic heterocycles. The summed E-state index contributed by atoms with van der Waals surface area (Å²) in [5.41, 5.74) is 0. The fourth-order valence-corrected chi connectivity index (χ4v) is 2.03. The van der Waals surface area contributed by atoms with Crippen LogP contribution < -0.4 is 5.32 Å². The third-order valence-electron chi connectivity index (χ3n) is 2.66. The molecule has 0 radical (unpaired) electrons. The summed E-state index contributed by atoms with van der Waals surface area (Å²) in [6.07, 6.45) is 3.00. The van der Waals surface area contributed by atoms with Crippen LogP contribution in [0.1, 0.15) is 12.8 Å². The second-order valence-corrected chi connectivity index (χ2v) is 3.18. The van der Waals surface area contributed by atoms with Crippen molar-refractivity contribution in [2.24, 2.45) is 11.8 Å². The number of piperidine rings is 2. The largest absolute Gasteiger partial charge is 0.311 e. The van der Waals surface area contributed by atoms with E-state index in [4.69, 9.17) is 0 Å². The van der Waals surface area contributed by atoms with Crippen molar-refractivity contribution in [2.75, 3.05) is 0 Å². The first kappa shape index (κ1) is 5.07. The Morgan fingerprint density at radius 1 is 1.00 bits per heavy atom. The fraction of sp³-hybridized carbons (Fsp3) is 1.00. The second-order valence-electron chi connectivity index (χ2n) is 3.18. The van der Waals surface area contributed by atoms with E-state index in [0.29, 0.717) is 0 Å². The monoisotopic (exact) mass is 131 g/mol. The van der Waals surface area contributed by atoms with Gasteiger partial charge in [-0.1, -0.05) is 0 Å². The molecule has 1 aliphatic heterocycles. The van der Waals surface area contributed by atoms with Crippen LogP contribution in [0.4, 0.5) is 0 Å². The van der Waals surface area contributed by atoms with Crippen LogP contribution in [0.3, 0.4) is 0 Å². The molecule has 3 aliphatic rings. The van der Waals surface area contributed by atoms with Crippen LogP contribution in [-0.2, 0) is 0 Å². The highest BCUT2D eigenvalue weighted by atomic mass is 35.5. The molecule has 0 amide bonds. The Morgan fingerprint density at radius 3 is 1.75 bits per heavy atom. The zero-order chi connectivity index (χ0) is 4.43. The van der Waals surface area contributed by atoms with Crippen molar-refractivity contribution in [3.8, 4) is 0 Å². The SMILES string of the molecule is C1C2NC3CC3C12.Cl. The van der Waals surface area contributed by atoms with E-state index in [2.05, 4.69) is 5.32 Å². The molecule has 2 saturated carbocycles. The number of halogens is 1. The Hall–Kier alpha value is 0.250. The zero-order valence-electron chi connectivity index (χ0n) is 4.63. The number of hydrogen-bond donors (Lipinski definition) is 1. The summed E-state index contributed by atoms with van der Waals surface area (Å²) in [5, 5.41) is 3.56. The minimum atomic E-state index is 0. The van der Waals surface area contributed by atoms with Crippen LogP contribution in [0.5, 0.6) is 0 Å². The van der Waals surface area contributed by atoms with Crippen LogP contribution >= 0.6 is 12.4 Å². The van der Waals surface area contributed by atoms with E-state index in [0.717, 1.165) is 23.9 Å². The van der Waals surface area contributed by atoms with E-state index in [1.165, 1.54) is 12.8 Å². The van der Waals surface area contributed by atoms with Crippen LogP contribution in [0, 0.1) is 11.8 Å². The standard InChI is InChI=1S/C6H9N.ClH/c1-3-4-2-6(4)7-5(1)3;/h3-7H,1-2H2;1H. The molecule has 4 atom stereocenters. The van der Waals surface area contributed by atoms with E-state index in [1.54, 1.807) is 0 Å². The maximum absolute atomic E-state index is 3.56. The Kier molecular flexibility index (Phi) is 0.771. The Bertz CT molecular complexity index is 112. The van der Waals surface area contributed by atoms with Crippen molar-refractivity contribution >= 4 is 12.4 Å². The summed E-state index contributed by atoms with van der Waals surface area (Å²) in [6, 6.07) is 1.98. The molecule has 1 heterocycles. The van der Waals surface area contributed by atoms with Crippen molar-refractivity contribution < 1.29 is 0 Å². The van der Waals surface area contributed by atoms with Gasteiger partial charge in [0.15, 0.2) is 0 Å².